The Bertz CT molecular complexity index is 982. The Kier molecular flexibility index (Phi) is 3.55. The Labute approximate surface area is 138 Å². The van der Waals surface area contributed by atoms with Gasteiger partial charge in [0.25, 0.3) is 0 Å². The van der Waals surface area contributed by atoms with E-state index in [4.69, 9.17) is 9.72 Å². The van der Waals surface area contributed by atoms with Crippen molar-refractivity contribution in [3.05, 3.63) is 60.8 Å². The van der Waals surface area contributed by atoms with Crippen molar-refractivity contribution in [2.45, 2.75) is 0 Å². The summed E-state index contributed by atoms with van der Waals surface area (Å²) in [5, 5.41) is 11.0. The minimum atomic E-state index is 0.605. The zero-order chi connectivity index (χ0) is 16.4. The van der Waals surface area contributed by atoms with Gasteiger partial charge in [-0.2, -0.15) is 5.10 Å². The number of aromatic nitrogens is 4. The predicted octanol–water partition coefficient (Wildman–Crippen LogP) is 3.77. The number of hydrogen-bond donors (Lipinski definition) is 2. The van der Waals surface area contributed by atoms with Gasteiger partial charge in [0.1, 0.15) is 17.4 Å². The Balaban J connectivity index is 1.91. The van der Waals surface area contributed by atoms with Gasteiger partial charge in [-0.25, -0.2) is 9.97 Å². The van der Waals surface area contributed by atoms with Gasteiger partial charge in [-0.3, -0.25) is 5.10 Å². The molecule has 0 bridgehead atoms. The van der Waals surface area contributed by atoms with Crippen molar-refractivity contribution in [3.63, 3.8) is 0 Å². The summed E-state index contributed by atoms with van der Waals surface area (Å²) in [7, 11) is 1.64. The molecule has 0 fully saturated rings. The van der Waals surface area contributed by atoms with Crippen LogP contribution in [-0.2, 0) is 0 Å². The van der Waals surface area contributed by atoms with Gasteiger partial charge < -0.3 is 10.1 Å². The molecule has 0 aliphatic carbocycles. The summed E-state index contributed by atoms with van der Waals surface area (Å²) >= 11 is 0. The summed E-state index contributed by atoms with van der Waals surface area (Å²) < 4.78 is 5.44. The predicted molar refractivity (Wildman–Crippen MR) is 93.4 cm³/mol. The maximum absolute atomic E-state index is 5.44. The highest BCUT2D eigenvalue weighted by molar-refractivity contribution is 5.92. The number of aromatic amines is 1. The monoisotopic (exact) mass is 317 g/mol. The second-order valence-corrected chi connectivity index (χ2v) is 5.21. The third-order valence-corrected chi connectivity index (χ3v) is 3.70. The molecule has 6 heteroatoms. The lowest BCUT2D eigenvalue weighted by molar-refractivity contribution is 0.416. The lowest BCUT2D eigenvalue weighted by Gasteiger charge is -2.11. The third kappa shape index (κ3) is 2.54. The zero-order valence-corrected chi connectivity index (χ0v) is 13.0. The molecule has 6 nitrogen and oxygen atoms in total. The summed E-state index contributed by atoms with van der Waals surface area (Å²) in [6.45, 7) is 0. The number of H-pyrrole nitrogens is 1. The number of anilines is 2. The molecule has 0 aliphatic rings. The van der Waals surface area contributed by atoms with E-state index in [1.807, 2.05) is 54.6 Å². The van der Waals surface area contributed by atoms with Crippen LogP contribution in [-0.4, -0.2) is 27.3 Å². The van der Waals surface area contributed by atoms with E-state index >= 15 is 0 Å². The molecule has 118 valence electrons. The Morgan fingerprint density at radius 1 is 0.958 bits per heavy atom. The highest BCUT2D eigenvalue weighted by atomic mass is 16.5. The highest BCUT2D eigenvalue weighted by Gasteiger charge is 2.13. The number of ether oxygens (including phenoxy) is 1. The Morgan fingerprint density at radius 2 is 1.79 bits per heavy atom. The van der Waals surface area contributed by atoms with Crippen LogP contribution >= 0.6 is 0 Å². The minimum Gasteiger partial charge on any atom is -0.496 e. The molecule has 0 atom stereocenters. The fourth-order valence-electron chi connectivity index (χ4n) is 2.57. The number of fused-ring (bicyclic) bond motifs is 1. The number of hydrogen-bond acceptors (Lipinski definition) is 5. The highest BCUT2D eigenvalue weighted by Crippen LogP contribution is 2.31. The van der Waals surface area contributed by atoms with Crippen LogP contribution in [0.4, 0.5) is 11.6 Å². The van der Waals surface area contributed by atoms with Crippen molar-refractivity contribution in [1.82, 2.24) is 20.2 Å². The first-order valence-corrected chi connectivity index (χ1v) is 7.52. The summed E-state index contributed by atoms with van der Waals surface area (Å²) in [4.78, 5) is 9.39. The van der Waals surface area contributed by atoms with Gasteiger partial charge in [-0.05, 0) is 24.3 Å². The van der Waals surface area contributed by atoms with Crippen LogP contribution in [0.5, 0.6) is 5.75 Å². The van der Waals surface area contributed by atoms with Gasteiger partial charge in [0.2, 0.25) is 0 Å². The second kappa shape index (κ2) is 6.00. The van der Waals surface area contributed by atoms with Gasteiger partial charge >= 0.3 is 0 Å². The van der Waals surface area contributed by atoms with E-state index in [1.54, 1.807) is 13.3 Å². The van der Waals surface area contributed by atoms with Gasteiger partial charge in [0.15, 0.2) is 5.82 Å². The van der Waals surface area contributed by atoms with Gasteiger partial charge in [0, 0.05) is 11.5 Å². The SMILES string of the molecule is COc1ccccc1-c1nc(Nc2ccn[nH]2)c2ccccc2n1. The zero-order valence-electron chi connectivity index (χ0n) is 13.0. The number of para-hydroxylation sites is 2. The maximum Gasteiger partial charge on any atom is 0.165 e. The van der Waals surface area contributed by atoms with Gasteiger partial charge in [-0.1, -0.05) is 24.3 Å². The average molecular weight is 317 g/mol. The minimum absolute atomic E-state index is 0.605. The van der Waals surface area contributed by atoms with E-state index in [-0.39, 0.29) is 0 Å². The van der Waals surface area contributed by atoms with E-state index in [1.165, 1.54) is 0 Å². The van der Waals surface area contributed by atoms with Crippen molar-refractivity contribution in [2.75, 3.05) is 12.4 Å². The molecule has 2 heterocycles. The molecule has 2 aromatic carbocycles. The first-order chi connectivity index (χ1) is 11.8. The molecule has 2 N–H and O–H groups in total. The molecule has 4 rings (SSSR count). The van der Waals surface area contributed by atoms with E-state index in [2.05, 4.69) is 20.5 Å². The van der Waals surface area contributed by atoms with E-state index in [9.17, 15) is 0 Å². The Morgan fingerprint density at radius 3 is 2.62 bits per heavy atom. The van der Waals surface area contributed by atoms with Gasteiger partial charge in [-0.15, -0.1) is 0 Å². The van der Waals surface area contributed by atoms with E-state index < -0.39 is 0 Å². The third-order valence-electron chi connectivity index (χ3n) is 3.70. The van der Waals surface area contributed by atoms with Crippen molar-refractivity contribution in [1.29, 1.82) is 0 Å². The van der Waals surface area contributed by atoms with Gasteiger partial charge in [0.05, 0.1) is 24.4 Å². The molecule has 0 spiro atoms. The van der Waals surface area contributed by atoms with Crippen LogP contribution in [0.1, 0.15) is 0 Å². The second-order valence-electron chi connectivity index (χ2n) is 5.21. The molecule has 24 heavy (non-hydrogen) atoms. The molecular formula is C18H15N5O. The van der Waals surface area contributed by atoms with Crippen LogP contribution in [0.2, 0.25) is 0 Å². The largest absolute Gasteiger partial charge is 0.496 e. The van der Waals surface area contributed by atoms with Crippen molar-refractivity contribution in [3.8, 4) is 17.1 Å². The molecule has 0 aliphatic heterocycles. The standard InChI is InChI=1S/C18H15N5O/c1-24-15-9-5-3-7-13(15)18-20-14-8-4-2-6-12(14)17(22-18)21-16-10-11-19-23-16/h2-11H,1H3,(H2,19,20,21,22,23). The summed E-state index contributed by atoms with van der Waals surface area (Å²) in [6, 6.07) is 17.4. The maximum atomic E-state index is 5.44. The normalized spacial score (nSPS) is 10.7. The fourth-order valence-corrected chi connectivity index (χ4v) is 2.57. The summed E-state index contributed by atoms with van der Waals surface area (Å²) in [6.07, 6.45) is 1.69. The molecule has 0 amide bonds. The number of nitrogens with one attached hydrogen (secondary N) is 2. The molecule has 0 saturated carbocycles. The topological polar surface area (TPSA) is 75.7 Å². The molecule has 2 aromatic heterocycles. The summed E-state index contributed by atoms with van der Waals surface area (Å²) in [5.74, 6) is 2.82. The molecule has 0 radical (unpaired) electrons. The van der Waals surface area contributed by atoms with E-state index in [0.29, 0.717) is 11.6 Å². The first kappa shape index (κ1) is 14.2. The fraction of sp³-hybridized carbons (Fsp3) is 0.0556. The van der Waals surface area contributed by atoms with E-state index in [0.717, 1.165) is 28.0 Å². The number of methoxy groups -OCH3 is 1. The first-order valence-electron chi connectivity index (χ1n) is 7.52. The summed E-state index contributed by atoms with van der Waals surface area (Å²) in [5.41, 5.74) is 1.70. The Hall–Kier alpha value is -3.41. The average Bonchev–Trinajstić information content (AvgIpc) is 3.14. The molecule has 0 saturated heterocycles. The van der Waals surface area contributed by atoms with Crippen LogP contribution in [0.25, 0.3) is 22.3 Å². The molecule has 0 unspecified atom stereocenters. The smallest absolute Gasteiger partial charge is 0.165 e. The number of benzene rings is 2. The lowest BCUT2D eigenvalue weighted by Crippen LogP contribution is -2.00. The van der Waals surface area contributed by atoms with Crippen molar-refractivity contribution < 1.29 is 4.74 Å². The number of rotatable bonds is 4. The van der Waals surface area contributed by atoms with Crippen LogP contribution in [0, 0.1) is 0 Å². The van der Waals surface area contributed by atoms with Crippen LogP contribution < -0.4 is 10.1 Å². The number of nitrogens with zero attached hydrogens (tertiary/aromatic N) is 3. The van der Waals surface area contributed by atoms with Crippen LogP contribution in [0.15, 0.2) is 60.8 Å². The lowest BCUT2D eigenvalue weighted by atomic mass is 10.1. The van der Waals surface area contributed by atoms with Crippen molar-refractivity contribution >= 4 is 22.5 Å². The van der Waals surface area contributed by atoms with Crippen LogP contribution in [0.3, 0.4) is 0 Å². The van der Waals surface area contributed by atoms with Crippen molar-refractivity contribution in [2.24, 2.45) is 0 Å². The molecular weight excluding hydrogens is 302 g/mol. The quantitative estimate of drug-likeness (QED) is 0.599. The molecule has 4 aromatic rings.